The van der Waals surface area contributed by atoms with Crippen LogP contribution >= 0.6 is 0 Å². The van der Waals surface area contributed by atoms with Crippen molar-refractivity contribution in [1.82, 2.24) is 15.5 Å². The van der Waals surface area contributed by atoms with Crippen molar-refractivity contribution in [2.75, 3.05) is 18.3 Å². The largest absolute Gasteiger partial charge is 0.497 e. The van der Waals surface area contributed by atoms with E-state index in [1.54, 1.807) is 43.5 Å². The number of nitrogens with one attached hydrogen (secondary N) is 1. The minimum absolute atomic E-state index is 0.288. The minimum atomic E-state index is -3.84. The number of aromatic nitrogens is 2. The molecule has 0 radical (unpaired) electrons. The van der Waals surface area contributed by atoms with Crippen molar-refractivity contribution in [1.29, 1.82) is 0 Å². The number of nitrogens with zero attached hydrogens (tertiary/aromatic N) is 3. The molecule has 1 unspecified atom stereocenters. The number of carboxylic acid groups (broad SMARTS) is 1. The van der Waals surface area contributed by atoms with Crippen LogP contribution < -0.4 is 15.0 Å². The van der Waals surface area contributed by atoms with E-state index in [1.165, 1.54) is 13.8 Å². The average molecular weight is 659 g/mol. The van der Waals surface area contributed by atoms with Gasteiger partial charge in [0.25, 0.3) is 11.8 Å². The summed E-state index contributed by atoms with van der Waals surface area (Å²) in [6.45, 7) is 2.33. The highest BCUT2D eigenvalue weighted by molar-refractivity contribution is 7.91. The van der Waals surface area contributed by atoms with E-state index in [1.807, 2.05) is 17.4 Å². The second-order valence-electron chi connectivity index (χ2n) is 11.3. The van der Waals surface area contributed by atoms with Gasteiger partial charge in [0.15, 0.2) is 9.84 Å². The predicted molar refractivity (Wildman–Crippen MR) is 161 cm³/mol. The van der Waals surface area contributed by atoms with Gasteiger partial charge in [-0.15, -0.1) is 10.2 Å². The maximum atomic E-state index is 15.6. The first-order chi connectivity index (χ1) is 21.5. The van der Waals surface area contributed by atoms with Crippen LogP contribution in [0.2, 0.25) is 0 Å². The summed E-state index contributed by atoms with van der Waals surface area (Å²) in [5.41, 5.74) is 0.448. The molecule has 0 saturated heterocycles. The van der Waals surface area contributed by atoms with Crippen LogP contribution in [-0.4, -0.2) is 55.1 Å². The van der Waals surface area contributed by atoms with E-state index in [-0.39, 0.29) is 12.4 Å². The molecule has 1 atom stereocenters. The molecule has 0 spiro atoms. The molecule has 2 amide bonds. The molecule has 1 aliphatic heterocycles. The Labute approximate surface area is 261 Å². The number of carbonyl (C=O) groups excluding carboxylic acids is 1. The van der Waals surface area contributed by atoms with Gasteiger partial charge in [-0.2, -0.15) is 0 Å². The number of anilines is 1. The van der Waals surface area contributed by atoms with Crippen LogP contribution in [0, 0.1) is 5.82 Å². The Morgan fingerprint density at radius 3 is 2.28 bits per heavy atom. The number of halogens is 3. The molecule has 15 heteroatoms. The lowest BCUT2D eigenvalue weighted by Gasteiger charge is -2.26. The van der Waals surface area contributed by atoms with E-state index < -0.39 is 73.5 Å². The molecule has 46 heavy (non-hydrogen) atoms. The van der Waals surface area contributed by atoms with Crippen LogP contribution in [0.5, 0.6) is 5.75 Å². The number of sulfone groups is 1. The molecular formula is C31H29F3N4O7S. The van der Waals surface area contributed by atoms with Crippen LogP contribution in [-0.2, 0) is 31.8 Å². The molecule has 242 valence electrons. The van der Waals surface area contributed by atoms with Crippen molar-refractivity contribution in [2.45, 2.75) is 43.5 Å². The van der Waals surface area contributed by atoms with E-state index in [0.29, 0.717) is 17.4 Å². The number of fused-ring (bicyclic) bond motifs is 1. The fourth-order valence-electron chi connectivity index (χ4n) is 4.93. The van der Waals surface area contributed by atoms with Crippen molar-refractivity contribution < 1.29 is 45.4 Å². The topological polar surface area (TPSA) is 152 Å². The summed E-state index contributed by atoms with van der Waals surface area (Å²) >= 11 is 0. The van der Waals surface area contributed by atoms with Gasteiger partial charge in [0.05, 0.1) is 24.9 Å². The number of methoxy groups -OCH3 is 1. The smallest absolute Gasteiger partial charge is 0.405 e. The van der Waals surface area contributed by atoms with E-state index in [9.17, 15) is 23.1 Å². The van der Waals surface area contributed by atoms with Crippen molar-refractivity contribution in [3.8, 4) is 28.3 Å². The number of alkyl halides is 2. The SMILES string of the molecule is COc1ccc(-c2ccc(CN3C(=O)C(NC(=O)O)CC(F)(F)c4cc(F)c(-c5nnc(C(C)(C)S(C)(=O)=O)o5)cc43)cc2)cc1. The summed E-state index contributed by atoms with van der Waals surface area (Å²) in [7, 11) is -2.21. The summed E-state index contributed by atoms with van der Waals surface area (Å²) in [6.07, 6.45) is -2.00. The molecule has 4 aromatic rings. The summed E-state index contributed by atoms with van der Waals surface area (Å²) in [4.78, 5) is 26.1. The van der Waals surface area contributed by atoms with E-state index in [2.05, 4.69) is 10.2 Å². The van der Waals surface area contributed by atoms with Gasteiger partial charge in [0, 0.05) is 18.2 Å². The second-order valence-corrected chi connectivity index (χ2v) is 13.9. The van der Waals surface area contributed by atoms with E-state index in [4.69, 9.17) is 9.15 Å². The van der Waals surface area contributed by atoms with Crippen molar-refractivity contribution in [3.63, 3.8) is 0 Å². The summed E-state index contributed by atoms with van der Waals surface area (Å²) in [5.74, 6) is -6.24. The Kier molecular flexibility index (Phi) is 8.32. The Bertz CT molecular complexity index is 1910. The average Bonchev–Trinajstić information content (AvgIpc) is 3.47. The highest BCUT2D eigenvalue weighted by atomic mass is 32.2. The molecule has 1 aliphatic rings. The third-order valence-electron chi connectivity index (χ3n) is 7.91. The maximum absolute atomic E-state index is 15.6. The van der Waals surface area contributed by atoms with E-state index in [0.717, 1.165) is 28.3 Å². The number of carbonyl (C=O) groups is 2. The summed E-state index contributed by atoms with van der Waals surface area (Å²) < 4.78 is 80.4. The second kappa shape index (κ2) is 11.8. The Morgan fingerprint density at radius 2 is 1.72 bits per heavy atom. The minimum Gasteiger partial charge on any atom is -0.497 e. The molecule has 0 fully saturated rings. The van der Waals surface area contributed by atoms with Gasteiger partial charge < -0.3 is 24.5 Å². The van der Waals surface area contributed by atoms with Crippen molar-refractivity contribution in [2.24, 2.45) is 0 Å². The van der Waals surface area contributed by atoms with Gasteiger partial charge >= 0.3 is 6.09 Å². The Balaban J connectivity index is 1.59. The predicted octanol–water partition coefficient (Wildman–Crippen LogP) is 5.50. The molecule has 0 bridgehead atoms. The molecule has 5 rings (SSSR count). The fourth-order valence-corrected chi connectivity index (χ4v) is 5.33. The van der Waals surface area contributed by atoms with Gasteiger partial charge in [0.2, 0.25) is 11.8 Å². The zero-order valence-electron chi connectivity index (χ0n) is 25.0. The summed E-state index contributed by atoms with van der Waals surface area (Å²) in [6, 6.07) is 13.8. The first-order valence-corrected chi connectivity index (χ1v) is 15.7. The van der Waals surface area contributed by atoms with Crippen LogP contribution in [0.3, 0.4) is 0 Å². The number of ether oxygens (including phenoxy) is 1. The normalized spacial score (nSPS) is 16.5. The van der Waals surface area contributed by atoms with Gasteiger partial charge in [-0.1, -0.05) is 36.4 Å². The lowest BCUT2D eigenvalue weighted by molar-refractivity contribution is -0.122. The number of hydrogen-bond donors (Lipinski definition) is 2. The monoisotopic (exact) mass is 658 g/mol. The molecule has 11 nitrogen and oxygen atoms in total. The van der Waals surface area contributed by atoms with Crippen molar-refractivity contribution in [3.05, 3.63) is 83.5 Å². The first-order valence-electron chi connectivity index (χ1n) is 13.8. The molecule has 1 aromatic heterocycles. The molecule has 2 N–H and O–H groups in total. The van der Waals surface area contributed by atoms with E-state index >= 15 is 13.2 Å². The van der Waals surface area contributed by atoms with Crippen LogP contribution in [0.1, 0.15) is 37.3 Å². The molecule has 2 heterocycles. The summed E-state index contributed by atoms with van der Waals surface area (Å²) in [5, 5.41) is 18.7. The maximum Gasteiger partial charge on any atom is 0.405 e. The highest BCUT2D eigenvalue weighted by Gasteiger charge is 2.47. The van der Waals surface area contributed by atoms with Gasteiger partial charge in [-0.05, 0) is 54.8 Å². The standard InChI is InChI=1S/C31H29F3N4O7S/c1-30(2,46(4,42)43)28-37-36-26(45-28)21-13-25-22(14-23(21)32)31(33,34)15-24(35-29(40)41)27(39)38(25)16-17-5-7-18(8-6-17)19-9-11-20(44-3)12-10-19/h5-14,24,35H,15-16H2,1-4H3,(H,40,41). The Morgan fingerprint density at radius 1 is 1.11 bits per heavy atom. The van der Waals surface area contributed by atoms with Crippen LogP contribution in [0.4, 0.5) is 23.7 Å². The van der Waals surface area contributed by atoms with Crippen LogP contribution in [0.15, 0.2) is 65.1 Å². The zero-order chi connectivity index (χ0) is 33.6. The Hall–Kier alpha value is -4.92. The third-order valence-corrected chi connectivity index (χ3v) is 9.94. The molecular weight excluding hydrogens is 629 g/mol. The third kappa shape index (κ3) is 6.14. The van der Waals surface area contributed by atoms with Gasteiger partial charge in [0.1, 0.15) is 22.4 Å². The zero-order valence-corrected chi connectivity index (χ0v) is 25.9. The lowest BCUT2D eigenvalue weighted by atomic mass is 9.99. The molecule has 3 aromatic carbocycles. The van der Waals surface area contributed by atoms with Gasteiger partial charge in [-0.25, -0.2) is 26.4 Å². The fraction of sp³-hybridized carbons (Fsp3) is 0.290. The highest BCUT2D eigenvalue weighted by Crippen LogP contribution is 2.45. The quantitative estimate of drug-likeness (QED) is 0.250. The number of amides is 2. The van der Waals surface area contributed by atoms with Crippen molar-refractivity contribution >= 4 is 27.5 Å². The number of hydrogen-bond acceptors (Lipinski definition) is 8. The first kappa shape index (κ1) is 32.5. The number of benzene rings is 3. The molecule has 0 aliphatic carbocycles. The lowest BCUT2D eigenvalue weighted by Crippen LogP contribution is -2.48. The molecule has 0 saturated carbocycles. The van der Waals surface area contributed by atoms with Crippen LogP contribution in [0.25, 0.3) is 22.6 Å². The van der Waals surface area contributed by atoms with Gasteiger partial charge in [-0.3, -0.25) is 4.79 Å². The number of rotatable bonds is 8.